The summed E-state index contributed by atoms with van der Waals surface area (Å²) in [5.74, 6) is -3.43. The Morgan fingerprint density at radius 2 is 1.81 bits per heavy atom. The minimum atomic E-state index is -1.68. The number of hydrogen-bond acceptors (Lipinski definition) is 4. The summed E-state index contributed by atoms with van der Waals surface area (Å²) in [6.45, 7) is 2.27. The average molecular weight is 522 g/mol. The lowest BCUT2D eigenvalue weighted by atomic mass is 9.94. The molecule has 2 aromatic rings. The van der Waals surface area contributed by atoms with Crippen LogP contribution in [0.3, 0.4) is 0 Å². The highest BCUT2D eigenvalue weighted by Crippen LogP contribution is 2.48. The van der Waals surface area contributed by atoms with Crippen molar-refractivity contribution in [1.29, 1.82) is 0 Å². The second kappa shape index (κ2) is 11.4. The molecule has 10 heteroatoms. The van der Waals surface area contributed by atoms with E-state index in [1.807, 2.05) is 13.0 Å². The highest BCUT2D eigenvalue weighted by atomic mass is 32.3. The highest BCUT2D eigenvalue weighted by Gasteiger charge is 2.37. The second-order valence-corrected chi connectivity index (χ2v) is 13.8. The molecule has 196 valence electrons. The summed E-state index contributed by atoms with van der Waals surface area (Å²) in [6, 6.07) is 4.75. The van der Waals surface area contributed by atoms with Crippen LogP contribution in [0.25, 0.3) is 0 Å². The lowest BCUT2D eigenvalue weighted by molar-refractivity contribution is -0.140. The third kappa shape index (κ3) is 6.40. The number of anilines is 1. The maximum absolute atomic E-state index is 14.8. The number of carboxylic acids is 1. The van der Waals surface area contributed by atoms with Gasteiger partial charge in [0.15, 0.2) is 0 Å². The fourth-order valence-corrected chi connectivity index (χ4v) is 5.73. The molecule has 0 spiro atoms. The Kier molecular flexibility index (Phi) is 8.71. The number of benzene rings is 1. The minimum absolute atomic E-state index is 0.00593. The number of amides is 2. The molecule has 0 aliphatic carbocycles. The summed E-state index contributed by atoms with van der Waals surface area (Å²) < 4.78 is 29.5. The molecule has 0 unspecified atom stereocenters. The van der Waals surface area contributed by atoms with Gasteiger partial charge >= 0.3 is 5.97 Å². The molecule has 0 fully saturated rings. The molecule has 7 nitrogen and oxygen atoms in total. The molecule has 3 rings (SSSR count). The van der Waals surface area contributed by atoms with Crippen LogP contribution in [0, 0.1) is 11.6 Å². The number of nitrogens with zero attached hydrogens (tertiary/aromatic N) is 2. The van der Waals surface area contributed by atoms with Crippen LogP contribution in [-0.4, -0.2) is 58.1 Å². The molecule has 1 aliphatic heterocycles. The number of halogens is 2. The Morgan fingerprint density at radius 3 is 2.39 bits per heavy atom. The van der Waals surface area contributed by atoms with E-state index in [-0.39, 0.29) is 42.3 Å². The van der Waals surface area contributed by atoms with Crippen molar-refractivity contribution in [3.63, 3.8) is 0 Å². The van der Waals surface area contributed by atoms with Crippen molar-refractivity contribution in [3.8, 4) is 0 Å². The Bertz CT molecular complexity index is 1140. The van der Waals surface area contributed by atoms with E-state index in [2.05, 4.69) is 10.3 Å². The summed E-state index contributed by atoms with van der Waals surface area (Å²) in [4.78, 5) is 43.4. The lowest BCUT2D eigenvalue weighted by Gasteiger charge is -2.36. The number of pyridine rings is 1. The molecular weight excluding hydrogens is 488 g/mol. The van der Waals surface area contributed by atoms with E-state index in [4.69, 9.17) is 5.11 Å². The molecule has 0 radical (unpaired) electrons. The summed E-state index contributed by atoms with van der Waals surface area (Å²) >= 11 is 0. The summed E-state index contributed by atoms with van der Waals surface area (Å²) in [7, 11) is -1.68. The number of hydrogen-bond donors (Lipinski definition) is 2. The maximum atomic E-state index is 14.8. The fraction of sp³-hybridized carbons (Fsp3) is 0.462. The van der Waals surface area contributed by atoms with E-state index in [1.165, 1.54) is 4.90 Å². The molecule has 36 heavy (non-hydrogen) atoms. The molecule has 1 atom stereocenters. The third-order valence-electron chi connectivity index (χ3n) is 6.00. The molecule has 1 aromatic heterocycles. The number of fused-ring (bicyclic) bond motifs is 1. The van der Waals surface area contributed by atoms with E-state index in [0.29, 0.717) is 17.7 Å². The SMILES string of the molecule is CCCc1ccc2c(n1)CCN(C(=O)CCCC(=O)O)[C@H]2C(=O)Nc1cc(F)c(S(C)(C)C)c(F)c1. The van der Waals surface area contributed by atoms with Gasteiger partial charge in [0.05, 0.1) is 4.90 Å². The Labute approximate surface area is 211 Å². The number of carboxylic acid groups (broad SMARTS) is 1. The zero-order valence-corrected chi connectivity index (χ0v) is 21.9. The van der Waals surface area contributed by atoms with Gasteiger partial charge in [0.1, 0.15) is 17.7 Å². The molecule has 0 saturated heterocycles. The van der Waals surface area contributed by atoms with Gasteiger partial charge in [0, 0.05) is 48.4 Å². The zero-order valence-electron chi connectivity index (χ0n) is 21.1. The van der Waals surface area contributed by atoms with E-state index in [9.17, 15) is 23.2 Å². The number of aromatic nitrogens is 1. The predicted molar refractivity (Wildman–Crippen MR) is 136 cm³/mol. The van der Waals surface area contributed by atoms with E-state index in [1.54, 1.807) is 24.8 Å². The van der Waals surface area contributed by atoms with Crippen LogP contribution < -0.4 is 5.32 Å². The van der Waals surface area contributed by atoms with Crippen molar-refractivity contribution in [1.82, 2.24) is 9.88 Å². The van der Waals surface area contributed by atoms with Crippen molar-refractivity contribution < 1.29 is 28.3 Å². The Balaban J connectivity index is 1.93. The quantitative estimate of drug-likeness (QED) is 0.499. The zero-order chi connectivity index (χ0) is 26.6. The number of rotatable bonds is 9. The lowest BCUT2D eigenvalue weighted by Crippen LogP contribution is -2.45. The van der Waals surface area contributed by atoms with Gasteiger partial charge in [-0.05, 0) is 49.8 Å². The smallest absolute Gasteiger partial charge is 0.303 e. The average Bonchev–Trinajstić information content (AvgIpc) is 2.76. The standard InChI is InChI=1S/C26H33F2N3O4S/c1-5-7-16-10-11-18-21(29-16)12-13-31(22(32)8-6-9-23(33)34)24(18)26(35)30-17-14-19(27)25(20(28)15-17)36(2,3)4/h10-11,14-15,24H,5-9,12-13H2,1-4H3,(H,30,35)(H,33,34)/t24-/m1/s1. The fourth-order valence-electron chi connectivity index (χ4n) is 4.44. The summed E-state index contributed by atoms with van der Waals surface area (Å²) in [5.41, 5.74) is 2.12. The van der Waals surface area contributed by atoms with Gasteiger partial charge in [0.2, 0.25) is 5.91 Å². The highest BCUT2D eigenvalue weighted by molar-refractivity contribution is 8.32. The maximum Gasteiger partial charge on any atom is 0.303 e. The Morgan fingerprint density at radius 1 is 1.14 bits per heavy atom. The minimum Gasteiger partial charge on any atom is -0.481 e. The third-order valence-corrected chi connectivity index (χ3v) is 7.61. The summed E-state index contributed by atoms with van der Waals surface area (Å²) in [5, 5.41) is 11.5. The molecule has 2 N–H and O–H groups in total. The van der Waals surface area contributed by atoms with Crippen molar-refractivity contribution in [2.24, 2.45) is 0 Å². The van der Waals surface area contributed by atoms with Crippen LogP contribution in [0.5, 0.6) is 0 Å². The van der Waals surface area contributed by atoms with Crippen molar-refractivity contribution >= 4 is 33.5 Å². The molecule has 2 heterocycles. The van der Waals surface area contributed by atoms with Gasteiger partial charge < -0.3 is 15.3 Å². The first kappa shape index (κ1) is 27.6. The number of aryl methyl sites for hydroxylation is 1. The molecule has 1 aromatic carbocycles. The van der Waals surface area contributed by atoms with Gasteiger partial charge in [-0.25, -0.2) is 18.8 Å². The largest absolute Gasteiger partial charge is 0.481 e. The first-order valence-electron chi connectivity index (χ1n) is 11.9. The molecule has 1 aliphatic rings. The van der Waals surface area contributed by atoms with Crippen LogP contribution in [0.4, 0.5) is 14.5 Å². The van der Waals surface area contributed by atoms with Gasteiger partial charge in [-0.1, -0.05) is 19.4 Å². The van der Waals surface area contributed by atoms with E-state index < -0.39 is 39.6 Å². The van der Waals surface area contributed by atoms with Crippen LogP contribution in [0.2, 0.25) is 0 Å². The molecule has 2 amide bonds. The van der Waals surface area contributed by atoms with Gasteiger partial charge in [-0.15, -0.1) is 0 Å². The summed E-state index contributed by atoms with van der Waals surface area (Å²) in [6.07, 6.45) is 7.43. The topological polar surface area (TPSA) is 99.6 Å². The predicted octanol–water partition coefficient (Wildman–Crippen LogP) is 4.68. The van der Waals surface area contributed by atoms with E-state index >= 15 is 0 Å². The molecule has 0 saturated carbocycles. The van der Waals surface area contributed by atoms with Crippen LogP contribution in [0.1, 0.15) is 55.6 Å². The normalized spacial score (nSPS) is 15.8. The number of carbonyl (C=O) groups excluding carboxylic acids is 2. The number of nitrogens with one attached hydrogen (secondary N) is 1. The first-order chi connectivity index (χ1) is 16.9. The molecule has 0 bridgehead atoms. The van der Waals surface area contributed by atoms with Crippen molar-refractivity contribution in [3.05, 3.63) is 52.9 Å². The second-order valence-electron chi connectivity index (χ2n) is 9.67. The van der Waals surface area contributed by atoms with Crippen LogP contribution >= 0.6 is 10.0 Å². The first-order valence-corrected chi connectivity index (χ1v) is 14.8. The number of carbonyl (C=O) groups is 3. The number of aliphatic carboxylic acids is 1. The Hall–Kier alpha value is -3.01. The van der Waals surface area contributed by atoms with Crippen LogP contribution in [-0.2, 0) is 27.2 Å². The van der Waals surface area contributed by atoms with Crippen molar-refractivity contribution in [2.75, 3.05) is 30.6 Å². The monoisotopic (exact) mass is 521 g/mol. The van der Waals surface area contributed by atoms with Crippen molar-refractivity contribution in [2.45, 2.75) is 56.4 Å². The van der Waals surface area contributed by atoms with Gasteiger partial charge in [-0.2, -0.15) is 0 Å². The van der Waals surface area contributed by atoms with Gasteiger partial charge in [0.25, 0.3) is 5.91 Å². The molecular formula is C26H33F2N3O4S. The van der Waals surface area contributed by atoms with E-state index in [0.717, 1.165) is 30.7 Å². The van der Waals surface area contributed by atoms with Gasteiger partial charge in [-0.3, -0.25) is 19.4 Å². The van der Waals surface area contributed by atoms with Crippen LogP contribution in [0.15, 0.2) is 29.2 Å².